The van der Waals surface area contributed by atoms with Gasteiger partial charge in [0.15, 0.2) is 0 Å². The van der Waals surface area contributed by atoms with Crippen molar-refractivity contribution in [2.75, 3.05) is 37.7 Å². The van der Waals surface area contributed by atoms with Crippen LogP contribution in [0.15, 0.2) is 0 Å². The smallest absolute Gasteiger partial charge is 0.00770 e. The van der Waals surface area contributed by atoms with Crippen molar-refractivity contribution in [2.24, 2.45) is 0 Å². The summed E-state index contributed by atoms with van der Waals surface area (Å²) in [4.78, 5) is 0. The summed E-state index contributed by atoms with van der Waals surface area (Å²) >= 11 is 2.02. The van der Waals surface area contributed by atoms with Crippen molar-refractivity contribution in [3.63, 3.8) is 0 Å². The Morgan fingerprint density at radius 1 is 0.727 bits per heavy atom. The zero-order valence-corrected chi connectivity index (χ0v) is 10.7. The first-order valence-corrected chi connectivity index (χ1v) is 4.65. The molecule has 1 fully saturated rings. The highest BCUT2D eigenvalue weighted by molar-refractivity contribution is 8.93. The summed E-state index contributed by atoms with van der Waals surface area (Å²) in [5.41, 5.74) is 0. The minimum atomic E-state index is 0. The first-order chi connectivity index (χ1) is 4.50. The molecule has 1 aliphatic rings. The van der Waals surface area contributed by atoms with Crippen LogP contribution >= 0.6 is 45.7 Å². The largest absolute Gasteiger partial charge is 0.315 e. The van der Waals surface area contributed by atoms with Gasteiger partial charge in [0.2, 0.25) is 0 Å². The molecule has 0 aromatic carbocycles. The molecule has 1 rings (SSSR count). The lowest BCUT2D eigenvalue weighted by atomic mass is 10.6. The third-order valence-corrected chi connectivity index (χ3v) is 2.31. The van der Waals surface area contributed by atoms with Crippen molar-refractivity contribution in [1.82, 2.24) is 10.6 Å². The number of nitrogens with one attached hydrogen (secondary N) is 2. The quantitative estimate of drug-likeness (QED) is 0.700. The summed E-state index contributed by atoms with van der Waals surface area (Å²) in [5.74, 6) is 2.53. The normalized spacial score (nSPS) is 19.6. The van der Waals surface area contributed by atoms with E-state index >= 15 is 0 Å². The summed E-state index contributed by atoms with van der Waals surface area (Å²) in [6, 6.07) is 0. The molecule has 5 heteroatoms. The average molecular weight is 308 g/mol. The highest BCUT2D eigenvalue weighted by Crippen LogP contribution is 1.96. The van der Waals surface area contributed by atoms with E-state index in [9.17, 15) is 0 Å². The number of halogens is 2. The Labute approximate surface area is 93.8 Å². The van der Waals surface area contributed by atoms with Crippen molar-refractivity contribution in [1.29, 1.82) is 0 Å². The first-order valence-electron chi connectivity index (χ1n) is 3.49. The minimum Gasteiger partial charge on any atom is -0.315 e. The van der Waals surface area contributed by atoms with E-state index in [0.717, 1.165) is 13.1 Å². The van der Waals surface area contributed by atoms with Gasteiger partial charge in [-0.25, -0.2) is 0 Å². The van der Waals surface area contributed by atoms with E-state index < -0.39 is 0 Å². The summed E-state index contributed by atoms with van der Waals surface area (Å²) in [7, 11) is 0. The van der Waals surface area contributed by atoms with E-state index in [1.165, 1.54) is 24.6 Å². The van der Waals surface area contributed by atoms with Crippen LogP contribution in [-0.2, 0) is 0 Å². The first kappa shape index (κ1) is 14.7. The Balaban J connectivity index is 0. The molecule has 1 aliphatic heterocycles. The predicted octanol–water partition coefficient (Wildman–Crippen LogP) is 1.07. The van der Waals surface area contributed by atoms with E-state index in [2.05, 4.69) is 10.6 Å². The van der Waals surface area contributed by atoms with Crippen molar-refractivity contribution in [2.45, 2.75) is 0 Å². The molecule has 1 heterocycles. The second-order valence-electron chi connectivity index (χ2n) is 2.11. The zero-order chi connectivity index (χ0) is 6.36. The summed E-state index contributed by atoms with van der Waals surface area (Å²) in [6.45, 7) is 4.60. The lowest BCUT2D eigenvalue weighted by molar-refractivity contribution is 0.652. The van der Waals surface area contributed by atoms with Crippen LogP contribution in [0.5, 0.6) is 0 Å². The molecule has 0 unspecified atom stereocenters. The van der Waals surface area contributed by atoms with Gasteiger partial charge in [0, 0.05) is 37.7 Å². The Morgan fingerprint density at radius 3 is 1.64 bits per heavy atom. The minimum absolute atomic E-state index is 0. The van der Waals surface area contributed by atoms with E-state index in [1.54, 1.807) is 0 Å². The summed E-state index contributed by atoms with van der Waals surface area (Å²) < 4.78 is 0. The van der Waals surface area contributed by atoms with Crippen molar-refractivity contribution in [3.05, 3.63) is 0 Å². The maximum atomic E-state index is 3.34. The van der Waals surface area contributed by atoms with Gasteiger partial charge in [-0.3, -0.25) is 0 Å². The van der Waals surface area contributed by atoms with Crippen LogP contribution in [0.25, 0.3) is 0 Å². The molecule has 0 bridgehead atoms. The van der Waals surface area contributed by atoms with Gasteiger partial charge in [0.05, 0.1) is 0 Å². The van der Waals surface area contributed by atoms with E-state index in [-0.39, 0.29) is 34.0 Å². The Hall–Kier alpha value is 1.23. The molecule has 2 nitrogen and oxygen atoms in total. The van der Waals surface area contributed by atoms with Crippen LogP contribution in [0.3, 0.4) is 0 Å². The monoisotopic (exact) mass is 306 g/mol. The molecule has 2 N–H and O–H groups in total. The number of rotatable bonds is 0. The van der Waals surface area contributed by atoms with Gasteiger partial charge in [-0.2, -0.15) is 11.8 Å². The molecular weight excluding hydrogens is 292 g/mol. The van der Waals surface area contributed by atoms with Crippen LogP contribution < -0.4 is 10.6 Å². The lowest BCUT2D eigenvalue weighted by Crippen LogP contribution is -2.27. The second kappa shape index (κ2) is 11.2. The molecule has 70 valence electrons. The molecule has 0 aromatic heterocycles. The van der Waals surface area contributed by atoms with Crippen molar-refractivity contribution >= 4 is 45.7 Å². The average Bonchev–Trinajstić information content (AvgIpc) is 2.00. The molecule has 0 aliphatic carbocycles. The van der Waals surface area contributed by atoms with Gasteiger partial charge in [-0.15, -0.1) is 34.0 Å². The number of thioether (sulfide) groups is 1. The number of hydrogen-bond donors (Lipinski definition) is 2. The molecule has 0 amide bonds. The molecule has 11 heavy (non-hydrogen) atoms. The highest BCUT2D eigenvalue weighted by Gasteiger charge is 1.93. The Morgan fingerprint density at radius 2 is 1.18 bits per heavy atom. The standard InChI is InChI=1S/C6H14N2S.2BrH/c1-2-8-4-6-9-5-3-7-1;;/h7-8H,1-6H2;2*1H. The maximum Gasteiger partial charge on any atom is 0.00770 e. The van der Waals surface area contributed by atoms with E-state index in [0.29, 0.717) is 0 Å². The SMILES string of the molecule is Br.Br.C1CNCCSCCN1. The van der Waals surface area contributed by atoms with Gasteiger partial charge in [0.1, 0.15) is 0 Å². The van der Waals surface area contributed by atoms with Crippen LogP contribution in [0.4, 0.5) is 0 Å². The fourth-order valence-electron chi connectivity index (χ4n) is 0.818. The van der Waals surface area contributed by atoms with E-state index in [1.807, 2.05) is 11.8 Å². The summed E-state index contributed by atoms with van der Waals surface area (Å²) in [5, 5.41) is 6.69. The molecular formula is C6H16Br2N2S. The molecule has 0 atom stereocenters. The Kier molecular flexibility index (Phi) is 15.0. The predicted molar refractivity (Wildman–Crippen MR) is 63.7 cm³/mol. The van der Waals surface area contributed by atoms with Crippen molar-refractivity contribution in [3.8, 4) is 0 Å². The van der Waals surface area contributed by atoms with Crippen LogP contribution in [-0.4, -0.2) is 37.7 Å². The van der Waals surface area contributed by atoms with Crippen LogP contribution in [0.1, 0.15) is 0 Å². The molecule has 0 aromatic rings. The summed E-state index contributed by atoms with van der Waals surface area (Å²) in [6.07, 6.45) is 0. The van der Waals surface area contributed by atoms with Gasteiger partial charge >= 0.3 is 0 Å². The zero-order valence-electron chi connectivity index (χ0n) is 6.47. The van der Waals surface area contributed by atoms with Gasteiger partial charge in [-0.1, -0.05) is 0 Å². The van der Waals surface area contributed by atoms with Gasteiger partial charge in [0.25, 0.3) is 0 Å². The topological polar surface area (TPSA) is 24.1 Å². The van der Waals surface area contributed by atoms with Crippen LogP contribution in [0.2, 0.25) is 0 Å². The third-order valence-electron chi connectivity index (χ3n) is 1.32. The molecule has 1 saturated heterocycles. The fourth-order valence-corrected chi connectivity index (χ4v) is 1.60. The molecule has 0 saturated carbocycles. The highest BCUT2D eigenvalue weighted by atomic mass is 79.9. The fraction of sp³-hybridized carbons (Fsp3) is 1.00. The van der Waals surface area contributed by atoms with Gasteiger partial charge < -0.3 is 10.6 Å². The third kappa shape index (κ3) is 9.14. The van der Waals surface area contributed by atoms with E-state index in [4.69, 9.17) is 0 Å². The number of hydrogen-bond acceptors (Lipinski definition) is 3. The molecule has 0 radical (unpaired) electrons. The van der Waals surface area contributed by atoms with Gasteiger partial charge in [-0.05, 0) is 0 Å². The molecule has 0 spiro atoms. The lowest BCUT2D eigenvalue weighted by Gasteiger charge is -1.99. The second-order valence-corrected chi connectivity index (χ2v) is 3.34. The maximum absolute atomic E-state index is 3.34. The Bertz CT molecular complexity index is 47.1. The van der Waals surface area contributed by atoms with Crippen LogP contribution in [0, 0.1) is 0 Å². The van der Waals surface area contributed by atoms with Crippen molar-refractivity contribution < 1.29 is 0 Å².